The second-order valence-corrected chi connectivity index (χ2v) is 4.91. The molecule has 1 N–H and O–H groups in total. The molecule has 0 saturated heterocycles. The summed E-state index contributed by atoms with van der Waals surface area (Å²) in [6.07, 6.45) is -0.455. The normalized spacial score (nSPS) is 14.4. The average molecular weight is 254 g/mol. The van der Waals surface area contributed by atoms with Crippen LogP contribution in [0.4, 0.5) is 8.78 Å². The van der Waals surface area contributed by atoms with Crippen molar-refractivity contribution in [2.75, 3.05) is 0 Å². The summed E-state index contributed by atoms with van der Waals surface area (Å²) in [5.41, 5.74) is 0.278. The van der Waals surface area contributed by atoms with Crippen molar-refractivity contribution >= 4 is 0 Å². The molecule has 0 aliphatic carbocycles. The Kier molecular flexibility index (Phi) is 5.03. The molecule has 0 aliphatic rings. The summed E-state index contributed by atoms with van der Waals surface area (Å²) in [5, 5.41) is 10.2. The molecule has 100 valence electrons. The summed E-state index contributed by atoms with van der Waals surface area (Å²) in [6.45, 7) is 5.70. The van der Waals surface area contributed by atoms with Crippen LogP contribution in [-0.4, -0.2) is 11.5 Å². The lowest BCUT2D eigenvalue weighted by molar-refractivity contribution is -0.106. The molecule has 1 atom stereocenters. The third-order valence-corrected chi connectivity index (χ3v) is 2.99. The van der Waals surface area contributed by atoms with Gasteiger partial charge >= 0.3 is 0 Å². The van der Waals surface area contributed by atoms with E-state index < -0.39 is 12.0 Å². The zero-order valence-corrected chi connectivity index (χ0v) is 11.1. The number of halogens is 2. The van der Waals surface area contributed by atoms with Gasteiger partial charge in [-0.15, -0.1) is 0 Å². The molecule has 0 aromatic heterocycles. The third kappa shape index (κ3) is 3.64. The van der Waals surface area contributed by atoms with Crippen molar-refractivity contribution in [1.82, 2.24) is 0 Å². The molecule has 0 fully saturated rings. The summed E-state index contributed by atoms with van der Waals surface area (Å²) < 4.78 is 26.2. The molecule has 1 rings (SSSR count). The van der Waals surface area contributed by atoms with E-state index in [0.717, 1.165) is 11.1 Å². The molecule has 0 amide bonds. The van der Waals surface area contributed by atoms with Gasteiger partial charge in [0.15, 0.2) is 5.60 Å². The molecular weight excluding hydrogens is 234 g/mol. The van der Waals surface area contributed by atoms with Crippen molar-refractivity contribution in [3.05, 3.63) is 47.0 Å². The van der Waals surface area contributed by atoms with Crippen LogP contribution in [0.2, 0.25) is 0 Å². The molecule has 0 spiro atoms. The summed E-state index contributed by atoms with van der Waals surface area (Å²) >= 11 is 0. The summed E-state index contributed by atoms with van der Waals surface area (Å²) in [4.78, 5) is 0. The maximum Gasteiger partial charge on any atom is 0.270 e. The molecular formula is C15H20F2O. The van der Waals surface area contributed by atoms with Gasteiger partial charge in [0.05, 0.1) is 0 Å². The second-order valence-electron chi connectivity index (χ2n) is 4.91. The lowest BCUT2D eigenvalue weighted by Crippen LogP contribution is -2.34. The quantitative estimate of drug-likeness (QED) is 0.781. The predicted octanol–water partition coefficient (Wildman–Crippen LogP) is 4.19. The zero-order valence-electron chi connectivity index (χ0n) is 11.1. The second kappa shape index (κ2) is 6.10. The number of aliphatic hydroxyl groups is 1. The van der Waals surface area contributed by atoms with E-state index in [-0.39, 0.29) is 12.0 Å². The lowest BCUT2D eigenvalue weighted by Gasteiger charge is -2.27. The highest BCUT2D eigenvalue weighted by Crippen LogP contribution is 2.33. The van der Waals surface area contributed by atoms with Crippen LogP contribution in [0.1, 0.15) is 37.8 Å². The van der Waals surface area contributed by atoms with E-state index in [1.807, 2.05) is 26.8 Å². The van der Waals surface area contributed by atoms with Crippen LogP contribution in [-0.2, 0) is 5.60 Å². The fourth-order valence-electron chi connectivity index (χ4n) is 1.80. The summed E-state index contributed by atoms with van der Waals surface area (Å²) in [7, 11) is 0. The van der Waals surface area contributed by atoms with E-state index in [9.17, 15) is 13.9 Å². The Morgan fingerprint density at radius 2 is 1.83 bits per heavy atom. The first kappa shape index (κ1) is 14.8. The summed E-state index contributed by atoms with van der Waals surface area (Å²) in [5.74, 6) is 0. The van der Waals surface area contributed by atoms with E-state index in [2.05, 4.69) is 0 Å². The van der Waals surface area contributed by atoms with Crippen molar-refractivity contribution in [3.63, 3.8) is 0 Å². The maximum absolute atomic E-state index is 13.1. The topological polar surface area (TPSA) is 20.2 Å². The molecule has 0 heterocycles. The van der Waals surface area contributed by atoms with E-state index in [1.54, 1.807) is 24.3 Å². The Labute approximate surface area is 107 Å². The van der Waals surface area contributed by atoms with Crippen LogP contribution >= 0.6 is 0 Å². The Hall–Kier alpha value is -1.22. The Morgan fingerprint density at radius 1 is 1.28 bits per heavy atom. The van der Waals surface area contributed by atoms with Crippen LogP contribution in [0.3, 0.4) is 0 Å². The molecule has 0 bridgehead atoms. The molecule has 0 saturated carbocycles. The first-order chi connectivity index (χ1) is 8.36. The van der Waals surface area contributed by atoms with Gasteiger partial charge in [0.2, 0.25) is 0 Å². The zero-order chi connectivity index (χ0) is 13.8. The van der Waals surface area contributed by atoms with Crippen LogP contribution in [0.5, 0.6) is 0 Å². The standard InChI is InChI=1S/C15H20F2O/c1-11(2)5-4-10-15(18,14(16)17)13-8-6-12(3)7-9-13/h5-9,14,18H,4,10H2,1-3H3/t15-/m0/s1. The van der Waals surface area contributed by atoms with Gasteiger partial charge in [0, 0.05) is 0 Å². The van der Waals surface area contributed by atoms with Gasteiger partial charge < -0.3 is 5.11 Å². The van der Waals surface area contributed by atoms with Crippen molar-refractivity contribution in [1.29, 1.82) is 0 Å². The van der Waals surface area contributed by atoms with Crippen molar-refractivity contribution in [2.24, 2.45) is 0 Å². The van der Waals surface area contributed by atoms with Crippen molar-refractivity contribution < 1.29 is 13.9 Å². The Balaban J connectivity index is 2.93. The van der Waals surface area contributed by atoms with Crippen molar-refractivity contribution in [3.8, 4) is 0 Å². The molecule has 0 aliphatic heterocycles. The number of aryl methyl sites for hydroxylation is 1. The van der Waals surface area contributed by atoms with Gasteiger partial charge in [-0.1, -0.05) is 41.5 Å². The number of hydrogen-bond donors (Lipinski definition) is 1. The maximum atomic E-state index is 13.1. The number of allylic oxidation sites excluding steroid dienone is 2. The fraction of sp³-hybridized carbons (Fsp3) is 0.467. The fourth-order valence-corrected chi connectivity index (χ4v) is 1.80. The smallest absolute Gasteiger partial charge is 0.270 e. The minimum atomic E-state index is -2.79. The first-order valence-corrected chi connectivity index (χ1v) is 6.07. The van der Waals surface area contributed by atoms with Crippen molar-refractivity contribution in [2.45, 2.75) is 45.6 Å². The highest BCUT2D eigenvalue weighted by atomic mass is 19.3. The SMILES string of the molecule is CC(C)=CCC[C@](O)(c1ccc(C)cc1)C(F)F. The molecule has 1 aromatic rings. The summed E-state index contributed by atoms with van der Waals surface area (Å²) in [6, 6.07) is 6.63. The molecule has 0 unspecified atom stereocenters. The molecule has 1 aromatic carbocycles. The molecule has 18 heavy (non-hydrogen) atoms. The first-order valence-electron chi connectivity index (χ1n) is 6.07. The molecule has 3 heteroatoms. The van der Waals surface area contributed by atoms with Gasteiger partial charge in [-0.2, -0.15) is 0 Å². The minimum absolute atomic E-state index is 0.0267. The van der Waals surface area contributed by atoms with Gasteiger partial charge in [-0.25, -0.2) is 8.78 Å². The van der Waals surface area contributed by atoms with Gasteiger partial charge in [0.25, 0.3) is 6.43 Å². The van der Waals surface area contributed by atoms with Gasteiger partial charge in [-0.3, -0.25) is 0 Å². The van der Waals surface area contributed by atoms with Crippen LogP contribution < -0.4 is 0 Å². The monoisotopic (exact) mass is 254 g/mol. The number of benzene rings is 1. The average Bonchev–Trinajstić information content (AvgIpc) is 2.28. The van der Waals surface area contributed by atoms with Crippen LogP contribution in [0, 0.1) is 6.92 Å². The van der Waals surface area contributed by atoms with Crippen LogP contribution in [0.15, 0.2) is 35.9 Å². The number of hydrogen-bond acceptors (Lipinski definition) is 1. The van der Waals surface area contributed by atoms with E-state index in [1.165, 1.54) is 0 Å². The molecule has 0 radical (unpaired) electrons. The highest BCUT2D eigenvalue weighted by Gasteiger charge is 2.38. The van der Waals surface area contributed by atoms with Crippen LogP contribution in [0.25, 0.3) is 0 Å². The Bertz CT molecular complexity index is 405. The van der Waals surface area contributed by atoms with E-state index in [4.69, 9.17) is 0 Å². The predicted molar refractivity (Wildman–Crippen MR) is 69.7 cm³/mol. The van der Waals surface area contributed by atoms with E-state index >= 15 is 0 Å². The van der Waals surface area contributed by atoms with Gasteiger partial charge in [0.1, 0.15) is 0 Å². The van der Waals surface area contributed by atoms with E-state index in [0.29, 0.717) is 6.42 Å². The Morgan fingerprint density at radius 3 is 2.28 bits per heavy atom. The minimum Gasteiger partial charge on any atom is -0.379 e. The third-order valence-electron chi connectivity index (χ3n) is 2.99. The lowest BCUT2D eigenvalue weighted by atomic mass is 9.88. The van der Waals surface area contributed by atoms with Gasteiger partial charge in [-0.05, 0) is 39.2 Å². The number of rotatable bonds is 5. The largest absolute Gasteiger partial charge is 0.379 e. The molecule has 1 nitrogen and oxygen atoms in total. The highest BCUT2D eigenvalue weighted by molar-refractivity contribution is 5.27. The number of alkyl halides is 2.